The zero-order chi connectivity index (χ0) is 24.8. The minimum Gasteiger partial charge on any atom is -0.496 e. The van der Waals surface area contributed by atoms with Gasteiger partial charge in [-0.25, -0.2) is 0 Å². The number of ketones is 1. The van der Waals surface area contributed by atoms with Crippen molar-refractivity contribution in [1.29, 1.82) is 0 Å². The summed E-state index contributed by atoms with van der Waals surface area (Å²) in [6.07, 6.45) is 0. The van der Waals surface area contributed by atoms with E-state index in [1.165, 1.54) is 42.7 Å². The first-order chi connectivity index (χ1) is 16.4. The highest BCUT2D eigenvalue weighted by Crippen LogP contribution is 2.46. The molecule has 3 rings (SSSR count). The van der Waals surface area contributed by atoms with E-state index in [4.69, 9.17) is 40.0 Å². The van der Waals surface area contributed by atoms with Crippen LogP contribution in [0, 0.1) is 0 Å². The van der Waals surface area contributed by atoms with Gasteiger partial charge in [-0.2, -0.15) is 0 Å². The molecule has 0 bridgehead atoms. The lowest BCUT2D eigenvalue weighted by atomic mass is 9.83. The minimum absolute atomic E-state index is 0.201. The van der Waals surface area contributed by atoms with E-state index in [-0.39, 0.29) is 5.78 Å². The SMILES string of the molecule is COc1cc(OC)c(C(C(=O)c2ccc(Cl)cc2)c2cc(OC)c(OC)cc2OC)cc1OC. The number of Topliss-reactive ketones (excluding diaryl/α,β-unsaturated/α-hetero) is 1. The normalized spacial score (nSPS) is 10.6. The smallest absolute Gasteiger partial charge is 0.174 e. The Labute approximate surface area is 204 Å². The van der Waals surface area contributed by atoms with Gasteiger partial charge in [-0.15, -0.1) is 0 Å². The van der Waals surface area contributed by atoms with Crippen LogP contribution < -0.4 is 28.4 Å². The molecular formula is C26H27ClO7. The molecule has 7 nitrogen and oxygen atoms in total. The van der Waals surface area contributed by atoms with Gasteiger partial charge in [0.2, 0.25) is 0 Å². The number of hydrogen-bond acceptors (Lipinski definition) is 7. The monoisotopic (exact) mass is 486 g/mol. The summed E-state index contributed by atoms with van der Waals surface area (Å²) in [5, 5.41) is 0.528. The fourth-order valence-electron chi connectivity index (χ4n) is 3.79. The van der Waals surface area contributed by atoms with E-state index in [0.29, 0.717) is 56.2 Å². The third kappa shape index (κ3) is 4.84. The number of methoxy groups -OCH3 is 6. The maximum atomic E-state index is 14.0. The lowest BCUT2D eigenvalue weighted by molar-refractivity contribution is 0.0971. The summed E-state index contributed by atoms with van der Waals surface area (Å²) in [6, 6.07) is 13.5. The summed E-state index contributed by atoms with van der Waals surface area (Å²) in [4.78, 5) is 14.0. The second-order valence-corrected chi connectivity index (χ2v) is 7.64. The van der Waals surface area contributed by atoms with Gasteiger partial charge in [-0.1, -0.05) is 11.6 Å². The van der Waals surface area contributed by atoms with E-state index in [1.54, 1.807) is 48.5 Å². The number of rotatable bonds is 10. The van der Waals surface area contributed by atoms with Crippen LogP contribution in [0.15, 0.2) is 48.5 Å². The molecule has 0 fully saturated rings. The molecule has 0 N–H and O–H groups in total. The molecule has 0 aliphatic carbocycles. The van der Waals surface area contributed by atoms with Crippen molar-refractivity contribution in [1.82, 2.24) is 0 Å². The Balaban J connectivity index is 2.35. The van der Waals surface area contributed by atoms with E-state index in [1.807, 2.05) is 0 Å². The van der Waals surface area contributed by atoms with Gasteiger partial charge in [-0.3, -0.25) is 4.79 Å². The standard InChI is InChI=1S/C26H27ClO7/c1-29-19-13-23(33-5)21(31-3)11-17(19)25(26(28)15-7-9-16(27)10-8-15)18-12-22(32-4)24(34-6)14-20(18)30-2/h7-14,25H,1-6H3. The van der Waals surface area contributed by atoms with Crippen molar-refractivity contribution in [2.75, 3.05) is 42.7 Å². The van der Waals surface area contributed by atoms with E-state index < -0.39 is 5.92 Å². The van der Waals surface area contributed by atoms with Gasteiger partial charge in [0.1, 0.15) is 11.5 Å². The van der Waals surface area contributed by atoms with Crippen molar-refractivity contribution >= 4 is 17.4 Å². The predicted octanol–water partition coefficient (Wildman–Crippen LogP) is 5.41. The Morgan fingerprint density at radius 3 is 1.29 bits per heavy atom. The number of benzene rings is 3. The first-order valence-corrected chi connectivity index (χ1v) is 10.7. The molecule has 0 unspecified atom stereocenters. The van der Waals surface area contributed by atoms with Gasteiger partial charge in [0.05, 0.1) is 48.6 Å². The van der Waals surface area contributed by atoms with Gasteiger partial charge in [0.15, 0.2) is 28.8 Å². The lowest BCUT2D eigenvalue weighted by Gasteiger charge is -2.24. The first kappa shape index (κ1) is 25.1. The summed E-state index contributed by atoms with van der Waals surface area (Å²) >= 11 is 6.06. The van der Waals surface area contributed by atoms with Crippen LogP contribution in [0.5, 0.6) is 34.5 Å². The molecule has 3 aromatic carbocycles. The second kappa shape index (κ2) is 11.0. The maximum absolute atomic E-state index is 14.0. The first-order valence-electron chi connectivity index (χ1n) is 10.3. The number of ether oxygens (including phenoxy) is 6. The molecule has 0 heterocycles. The van der Waals surface area contributed by atoms with Gasteiger partial charge >= 0.3 is 0 Å². The molecule has 0 aromatic heterocycles. The fraction of sp³-hybridized carbons (Fsp3) is 0.269. The summed E-state index contributed by atoms with van der Waals surface area (Å²) < 4.78 is 33.2. The second-order valence-electron chi connectivity index (χ2n) is 7.20. The van der Waals surface area contributed by atoms with E-state index in [0.717, 1.165) is 0 Å². The van der Waals surface area contributed by atoms with Crippen molar-refractivity contribution in [3.05, 3.63) is 70.2 Å². The van der Waals surface area contributed by atoms with E-state index in [9.17, 15) is 4.79 Å². The van der Waals surface area contributed by atoms with Crippen LogP contribution in [0.1, 0.15) is 27.4 Å². The molecule has 0 saturated heterocycles. The zero-order valence-electron chi connectivity index (χ0n) is 19.9. The van der Waals surface area contributed by atoms with Crippen molar-refractivity contribution in [3.8, 4) is 34.5 Å². The van der Waals surface area contributed by atoms with Crippen LogP contribution in [0.25, 0.3) is 0 Å². The fourth-order valence-corrected chi connectivity index (χ4v) is 3.91. The molecule has 0 radical (unpaired) electrons. The number of carbonyl (C=O) groups excluding carboxylic acids is 1. The van der Waals surface area contributed by atoms with Crippen molar-refractivity contribution in [2.45, 2.75) is 5.92 Å². The molecule has 3 aromatic rings. The highest BCUT2D eigenvalue weighted by atomic mass is 35.5. The largest absolute Gasteiger partial charge is 0.496 e. The molecular weight excluding hydrogens is 460 g/mol. The van der Waals surface area contributed by atoms with Crippen LogP contribution in [-0.2, 0) is 0 Å². The van der Waals surface area contributed by atoms with Crippen molar-refractivity contribution in [3.63, 3.8) is 0 Å². The summed E-state index contributed by atoms with van der Waals surface area (Å²) in [5.74, 6) is 1.69. The van der Waals surface area contributed by atoms with Crippen LogP contribution in [-0.4, -0.2) is 48.4 Å². The highest BCUT2D eigenvalue weighted by molar-refractivity contribution is 6.30. The number of hydrogen-bond donors (Lipinski definition) is 0. The lowest BCUT2D eigenvalue weighted by Crippen LogP contribution is -2.17. The summed E-state index contributed by atoms with van der Waals surface area (Å²) in [7, 11) is 9.18. The van der Waals surface area contributed by atoms with Crippen LogP contribution in [0.3, 0.4) is 0 Å². The molecule has 34 heavy (non-hydrogen) atoms. The maximum Gasteiger partial charge on any atom is 0.174 e. The Morgan fingerprint density at radius 1 is 0.588 bits per heavy atom. The molecule has 0 aliphatic heterocycles. The highest BCUT2D eigenvalue weighted by Gasteiger charge is 2.32. The average molecular weight is 487 g/mol. The average Bonchev–Trinajstić information content (AvgIpc) is 2.88. The predicted molar refractivity (Wildman–Crippen MR) is 130 cm³/mol. The summed E-state index contributed by atoms with van der Waals surface area (Å²) in [6.45, 7) is 0. The van der Waals surface area contributed by atoms with Gasteiger partial charge in [0.25, 0.3) is 0 Å². The quantitative estimate of drug-likeness (QED) is 0.355. The minimum atomic E-state index is -0.842. The van der Waals surface area contributed by atoms with Gasteiger partial charge < -0.3 is 28.4 Å². The van der Waals surface area contributed by atoms with Crippen molar-refractivity contribution in [2.24, 2.45) is 0 Å². The van der Waals surface area contributed by atoms with Crippen LogP contribution in [0.2, 0.25) is 5.02 Å². The third-order valence-corrected chi connectivity index (χ3v) is 5.74. The Hall–Kier alpha value is -3.58. The molecule has 0 atom stereocenters. The number of halogens is 1. The van der Waals surface area contributed by atoms with Crippen LogP contribution in [0.4, 0.5) is 0 Å². The van der Waals surface area contributed by atoms with E-state index in [2.05, 4.69) is 0 Å². The molecule has 0 amide bonds. The molecule has 8 heteroatoms. The Morgan fingerprint density at radius 2 is 0.941 bits per heavy atom. The van der Waals surface area contributed by atoms with Gasteiger partial charge in [-0.05, 0) is 36.4 Å². The third-order valence-electron chi connectivity index (χ3n) is 5.48. The van der Waals surface area contributed by atoms with Gasteiger partial charge in [0, 0.05) is 33.8 Å². The Kier molecular flexibility index (Phi) is 8.12. The molecule has 0 aliphatic rings. The zero-order valence-corrected chi connectivity index (χ0v) is 20.7. The topological polar surface area (TPSA) is 72.5 Å². The molecule has 180 valence electrons. The van der Waals surface area contributed by atoms with Crippen LogP contribution >= 0.6 is 11.6 Å². The van der Waals surface area contributed by atoms with E-state index >= 15 is 0 Å². The summed E-state index contributed by atoms with van der Waals surface area (Å²) in [5.41, 5.74) is 1.58. The molecule has 0 saturated carbocycles. The molecule has 0 spiro atoms. The van der Waals surface area contributed by atoms with Crippen molar-refractivity contribution < 1.29 is 33.2 Å². The number of carbonyl (C=O) groups is 1. The Bertz CT molecular complexity index is 1100.